The van der Waals surface area contributed by atoms with E-state index in [-0.39, 0.29) is 28.7 Å². The fourth-order valence-corrected chi connectivity index (χ4v) is 2.79. The number of aliphatic carboxylic acids is 1. The third-order valence-electron chi connectivity index (χ3n) is 3.42. The molecule has 0 aromatic carbocycles. The summed E-state index contributed by atoms with van der Waals surface area (Å²) in [6.07, 6.45) is 0.167. The number of aromatic nitrogens is 4. The van der Waals surface area contributed by atoms with Crippen LogP contribution in [0.2, 0.25) is 0 Å². The van der Waals surface area contributed by atoms with Gasteiger partial charge in [0.25, 0.3) is 0 Å². The molecular weight excluding hydrogens is 405 g/mol. The van der Waals surface area contributed by atoms with Gasteiger partial charge in [0.15, 0.2) is 10.8 Å². The first-order chi connectivity index (χ1) is 13.1. The number of carbonyl (C=O) groups is 1. The Morgan fingerprint density at radius 1 is 1.21 bits per heavy atom. The maximum Gasteiger partial charge on any atom is 0.418 e. The lowest BCUT2D eigenvalue weighted by Gasteiger charge is -2.34. The van der Waals surface area contributed by atoms with E-state index < -0.39 is 23.0 Å². The molecule has 0 bridgehead atoms. The first-order valence-electron chi connectivity index (χ1n) is 7.50. The molecule has 2 unspecified atom stereocenters. The zero-order valence-electron chi connectivity index (χ0n) is 15.4. The van der Waals surface area contributed by atoms with Crippen molar-refractivity contribution in [2.24, 2.45) is 0 Å². The van der Waals surface area contributed by atoms with E-state index in [2.05, 4.69) is 24.7 Å². The van der Waals surface area contributed by atoms with Gasteiger partial charge in [0.05, 0.1) is 26.6 Å². The summed E-state index contributed by atoms with van der Waals surface area (Å²) in [5.74, 6) is -1.67. The number of carboxylic acids is 1. The normalized spacial score (nSPS) is 14.2. The number of nitrogens with one attached hydrogen (secondary N) is 1. The van der Waals surface area contributed by atoms with Crippen LogP contribution in [0.1, 0.15) is 6.92 Å². The van der Waals surface area contributed by atoms with Crippen molar-refractivity contribution in [3.63, 3.8) is 0 Å². The van der Waals surface area contributed by atoms with E-state index in [1.165, 1.54) is 20.3 Å². The summed E-state index contributed by atoms with van der Waals surface area (Å²) in [6.45, 7) is 0.649. The minimum Gasteiger partial charge on any atom is -0.481 e. The number of hydrogen-bond donors (Lipinski definition) is 2. The summed E-state index contributed by atoms with van der Waals surface area (Å²) >= 11 is 0.288. The molecule has 2 rings (SSSR count). The minimum absolute atomic E-state index is 0.0228. The van der Waals surface area contributed by atoms with Crippen molar-refractivity contribution in [2.75, 3.05) is 21.3 Å². The number of imidazole rings is 1. The van der Waals surface area contributed by atoms with Gasteiger partial charge in [0, 0.05) is 19.5 Å². The number of H-pyrrole nitrogens is 1. The molecular formula is C15H19F3N4O5S. The van der Waals surface area contributed by atoms with Gasteiger partial charge in [-0.15, -0.1) is 0 Å². The van der Waals surface area contributed by atoms with Crippen molar-refractivity contribution >= 4 is 17.7 Å². The molecule has 2 atom stereocenters. The fourth-order valence-electron chi connectivity index (χ4n) is 1.74. The molecule has 0 radical (unpaired) electrons. The number of rotatable bonds is 7. The number of alkyl halides is 3. The van der Waals surface area contributed by atoms with E-state index in [1.807, 2.05) is 0 Å². The average Bonchev–Trinajstić information content (AvgIpc) is 3.24. The Balaban J connectivity index is 0.000000674. The largest absolute Gasteiger partial charge is 0.481 e. The lowest BCUT2D eigenvalue weighted by Crippen LogP contribution is -2.55. The van der Waals surface area contributed by atoms with Crippen molar-refractivity contribution in [1.29, 1.82) is 0 Å². The standard InChI is InChI=1S/C12H15F3N2O5S.C3H4N2/c1-11(22-4,12(13,14)15)8(9(18)19)23-10-16-6(20-2)5-7(17-10)21-3;1-2-5-3-4-1/h5,8H,1-4H3,(H,18,19);1-3H,(H,4,5). The Labute approximate surface area is 162 Å². The predicted octanol–water partition coefficient (Wildman–Crippen LogP) is 2.42. The van der Waals surface area contributed by atoms with E-state index in [0.717, 1.165) is 7.11 Å². The Hall–Kier alpha value is -2.54. The number of aromatic amines is 1. The van der Waals surface area contributed by atoms with Crippen LogP contribution in [-0.4, -0.2) is 69.4 Å². The van der Waals surface area contributed by atoms with Crippen LogP contribution in [0, 0.1) is 0 Å². The molecule has 2 N–H and O–H groups in total. The molecule has 13 heteroatoms. The third-order valence-corrected chi connectivity index (χ3v) is 4.70. The molecule has 0 saturated heterocycles. The lowest BCUT2D eigenvalue weighted by atomic mass is 10.0. The second-order valence-corrected chi connectivity index (χ2v) is 6.21. The molecule has 2 heterocycles. The Morgan fingerprint density at radius 2 is 1.79 bits per heavy atom. The molecule has 0 spiro atoms. The van der Waals surface area contributed by atoms with Gasteiger partial charge in [0.1, 0.15) is 5.25 Å². The molecule has 0 fully saturated rings. The maximum absolute atomic E-state index is 13.2. The minimum atomic E-state index is -4.92. The lowest BCUT2D eigenvalue weighted by molar-refractivity contribution is -0.262. The summed E-state index contributed by atoms with van der Waals surface area (Å²) in [7, 11) is 3.37. The zero-order valence-corrected chi connectivity index (χ0v) is 16.2. The fraction of sp³-hybridized carbons (Fsp3) is 0.467. The topological polar surface area (TPSA) is 119 Å². The third kappa shape index (κ3) is 5.99. The van der Waals surface area contributed by atoms with Gasteiger partial charge in [-0.25, -0.2) is 4.98 Å². The van der Waals surface area contributed by atoms with E-state index >= 15 is 0 Å². The average molecular weight is 424 g/mol. The Morgan fingerprint density at radius 3 is 2.07 bits per heavy atom. The molecule has 2 aromatic heterocycles. The summed E-state index contributed by atoms with van der Waals surface area (Å²) in [6, 6.07) is 1.30. The number of halogens is 3. The van der Waals surface area contributed by atoms with Crippen LogP contribution in [0.5, 0.6) is 11.8 Å². The van der Waals surface area contributed by atoms with Crippen LogP contribution in [0.15, 0.2) is 29.9 Å². The van der Waals surface area contributed by atoms with Crippen molar-refractivity contribution in [2.45, 2.75) is 29.1 Å². The Kier molecular flexibility index (Phi) is 8.50. The van der Waals surface area contributed by atoms with Gasteiger partial charge >= 0.3 is 12.1 Å². The van der Waals surface area contributed by atoms with Crippen molar-refractivity contribution < 1.29 is 37.3 Å². The van der Waals surface area contributed by atoms with Crippen molar-refractivity contribution in [3.05, 3.63) is 24.8 Å². The number of nitrogens with zero attached hydrogens (tertiary/aromatic N) is 3. The molecule has 0 saturated carbocycles. The van der Waals surface area contributed by atoms with Gasteiger partial charge in [0.2, 0.25) is 11.8 Å². The quantitative estimate of drug-likeness (QED) is 0.510. The molecule has 0 aliphatic rings. The van der Waals surface area contributed by atoms with Gasteiger partial charge in [-0.1, -0.05) is 11.8 Å². The van der Waals surface area contributed by atoms with Crippen LogP contribution >= 0.6 is 11.8 Å². The summed E-state index contributed by atoms with van der Waals surface area (Å²) in [5, 5.41) is 6.91. The van der Waals surface area contributed by atoms with Crippen molar-refractivity contribution in [3.8, 4) is 11.8 Å². The van der Waals surface area contributed by atoms with Crippen LogP contribution in [0.25, 0.3) is 0 Å². The van der Waals surface area contributed by atoms with Crippen LogP contribution in [0.4, 0.5) is 13.2 Å². The number of methoxy groups -OCH3 is 3. The molecule has 2 aromatic rings. The number of hydrogen-bond acceptors (Lipinski definition) is 8. The monoisotopic (exact) mass is 424 g/mol. The molecule has 9 nitrogen and oxygen atoms in total. The van der Waals surface area contributed by atoms with Crippen LogP contribution < -0.4 is 9.47 Å². The maximum atomic E-state index is 13.2. The van der Waals surface area contributed by atoms with E-state index in [0.29, 0.717) is 6.92 Å². The van der Waals surface area contributed by atoms with Crippen LogP contribution in [-0.2, 0) is 9.53 Å². The van der Waals surface area contributed by atoms with Gasteiger partial charge in [-0.3, -0.25) is 4.79 Å². The molecule has 156 valence electrons. The highest BCUT2D eigenvalue weighted by atomic mass is 32.2. The SMILES string of the molecule is COc1cc(OC)nc(SC(C(=O)O)C(C)(OC)C(F)(F)F)n1.c1c[nH]cn1. The second-order valence-electron chi connectivity index (χ2n) is 5.14. The highest BCUT2D eigenvalue weighted by molar-refractivity contribution is 8.00. The van der Waals surface area contributed by atoms with Gasteiger partial charge in [-0.05, 0) is 6.92 Å². The number of carboxylic acid groups (broad SMARTS) is 1. The zero-order chi connectivity index (χ0) is 21.4. The van der Waals surface area contributed by atoms with Crippen molar-refractivity contribution in [1.82, 2.24) is 19.9 Å². The highest BCUT2D eigenvalue weighted by Crippen LogP contribution is 2.42. The van der Waals surface area contributed by atoms with Crippen LogP contribution in [0.3, 0.4) is 0 Å². The molecule has 0 amide bonds. The smallest absolute Gasteiger partial charge is 0.418 e. The second kappa shape index (κ2) is 10.1. The summed E-state index contributed by atoms with van der Waals surface area (Å²) in [4.78, 5) is 25.4. The van der Waals surface area contributed by atoms with Gasteiger partial charge in [-0.2, -0.15) is 23.1 Å². The first-order valence-corrected chi connectivity index (χ1v) is 8.38. The highest BCUT2D eigenvalue weighted by Gasteiger charge is 2.60. The molecule has 0 aliphatic carbocycles. The molecule has 0 aliphatic heterocycles. The molecule has 28 heavy (non-hydrogen) atoms. The van der Waals surface area contributed by atoms with E-state index in [1.54, 1.807) is 18.7 Å². The van der Waals surface area contributed by atoms with E-state index in [9.17, 15) is 23.1 Å². The number of ether oxygens (including phenoxy) is 3. The number of thioether (sulfide) groups is 1. The van der Waals surface area contributed by atoms with E-state index in [4.69, 9.17) is 9.47 Å². The summed E-state index contributed by atoms with van der Waals surface area (Å²) in [5.41, 5.74) is -2.94. The predicted molar refractivity (Wildman–Crippen MR) is 92.5 cm³/mol. The first kappa shape index (κ1) is 23.5. The van der Waals surface area contributed by atoms with Gasteiger partial charge < -0.3 is 24.3 Å². The Bertz CT molecular complexity index is 708. The summed E-state index contributed by atoms with van der Waals surface area (Å²) < 4.78 is 53.9.